The van der Waals surface area contributed by atoms with Crippen LogP contribution in [-0.2, 0) is 0 Å². The van der Waals surface area contributed by atoms with Gasteiger partial charge in [0.15, 0.2) is 17.5 Å². The minimum absolute atomic E-state index is 0.0325. The van der Waals surface area contributed by atoms with E-state index in [1.807, 2.05) is 84.9 Å². The van der Waals surface area contributed by atoms with Crippen molar-refractivity contribution in [1.29, 1.82) is 0 Å². The van der Waals surface area contributed by atoms with Crippen LogP contribution in [0, 0.1) is 0 Å². The molecule has 0 N–H and O–H groups in total. The lowest BCUT2D eigenvalue weighted by Gasteiger charge is -2.09. The van der Waals surface area contributed by atoms with E-state index in [0.717, 1.165) is 37.9 Å². The van der Waals surface area contributed by atoms with Gasteiger partial charge >= 0.3 is 0 Å². The Bertz CT molecular complexity index is 2740. The summed E-state index contributed by atoms with van der Waals surface area (Å²) >= 11 is 0. The largest absolute Gasteiger partial charge is 0.456 e. The average Bonchev–Trinajstić information content (AvgIpc) is 3.66. The summed E-state index contributed by atoms with van der Waals surface area (Å²) in [5, 5.41) is 5.65. The van der Waals surface area contributed by atoms with Gasteiger partial charge in [0.05, 0.1) is 6.85 Å². The lowest BCUT2D eigenvalue weighted by atomic mass is 10.0. The molecule has 0 unspecified atom stereocenters. The predicted molar refractivity (Wildman–Crippen MR) is 168 cm³/mol. The molecule has 0 radical (unpaired) electrons. The molecule has 3 aromatic heterocycles. The van der Waals surface area contributed by atoms with E-state index in [1.165, 1.54) is 0 Å². The molecule has 5 heteroatoms. The molecule has 0 spiro atoms. The minimum atomic E-state index is -0.488. The van der Waals surface area contributed by atoms with Crippen LogP contribution in [-0.4, -0.2) is 15.0 Å². The fraction of sp³-hybridized carbons (Fsp3) is 0. The number of fused-ring (bicyclic) bond motifs is 7. The van der Waals surface area contributed by atoms with Crippen molar-refractivity contribution in [2.45, 2.75) is 0 Å². The van der Waals surface area contributed by atoms with E-state index in [0.29, 0.717) is 27.9 Å². The maximum atomic E-state index is 8.68. The lowest BCUT2D eigenvalue weighted by molar-refractivity contribution is 0.668. The highest BCUT2D eigenvalue weighted by Crippen LogP contribution is 2.38. The van der Waals surface area contributed by atoms with E-state index >= 15 is 0 Å². The Labute approximate surface area is 246 Å². The Kier molecular flexibility index (Phi) is 3.90. The first kappa shape index (κ1) is 18.5. The number of nitrogens with zero attached hydrogens (tertiary/aromatic N) is 3. The van der Waals surface area contributed by atoms with E-state index in [-0.39, 0.29) is 23.0 Å². The molecule has 5 nitrogen and oxygen atoms in total. The molecular weight excluding hydrogens is 518 g/mol. The van der Waals surface area contributed by atoms with Gasteiger partial charge in [-0.3, -0.25) is 0 Å². The molecule has 6 aromatic carbocycles. The number of rotatable bonds is 3. The van der Waals surface area contributed by atoms with Gasteiger partial charge in [-0.15, -0.1) is 0 Å². The molecule has 0 atom stereocenters. The first-order chi connectivity index (χ1) is 22.9. The molecule has 0 bridgehead atoms. The van der Waals surface area contributed by atoms with Gasteiger partial charge in [-0.2, -0.15) is 0 Å². The summed E-state index contributed by atoms with van der Waals surface area (Å²) in [7, 11) is 0. The van der Waals surface area contributed by atoms with Gasteiger partial charge in [-0.25, -0.2) is 15.0 Å². The average molecular weight is 545 g/mol. The molecule has 0 fully saturated rings. The molecule has 3 heterocycles. The zero-order valence-corrected chi connectivity index (χ0v) is 21.9. The van der Waals surface area contributed by atoms with Gasteiger partial charge in [-0.05, 0) is 53.2 Å². The van der Waals surface area contributed by atoms with Crippen LogP contribution in [0.3, 0.4) is 0 Å². The van der Waals surface area contributed by atoms with Crippen LogP contribution >= 0.6 is 0 Å². The van der Waals surface area contributed by atoms with E-state index in [1.54, 1.807) is 0 Å². The SMILES string of the molecule is [2H]c1c([2H])c([2H])c(-c2nc(-c3ccc4oc5cc6ccccc6cc5c4c3)nc(-c3cccc4oc5ccccc5c34)n2)c([2H])c1[2H]. The molecule has 9 aromatic rings. The van der Waals surface area contributed by atoms with Crippen molar-refractivity contribution in [3.05, 3.63) is 127 Å². The molecule has 196 valence electrons. The van der Waals surface area contributed by atoms with Gasteiger partial charge in [0.1, 0.15) is 22.3 Å². The van der Waals surface area contributed by atoms with Crippen molar-refractivity contribution >= 4 is 54.6 Å². The summed E-state index contributed by atoms with van der Waals surface area (Å²) in [5.74, 6) is 0.519. The highest BCUT2D eigenvalue weighted by molar-refractivity contribution is 6.12. The lowest BCUT2D eigenvalue weighted by Crippen LogP contribution is -2.00. The second kappa shape index (κ2) is 8.85. The van der Waals surface area contributed by atoms with Crippen LogP contribution in [0.15, 0.2) is 136 Å². The summed E-state index contributed by atoms with van der Waals surface area (Å²) in [6.45, 7) is 0. The second-order valence-corrected chi connectivity index (χ2v) is 10.1. The molecule has 9 rings (SSSR count). The summed E-state index contributed by atoms with van der Waals surface area (Å²) in [4.78, 5) is 14.4. The smallest absolute Gasteiger partial charge is 0.164 e. The van der Waals surface area contributed by atoms with Crippen molar-refractivity contribution in [2.75, 3.05) is 0 Å². The number of para-hydroxylation sites is 1. The number of hydrogen-bond acceptors (Lipinski definition) is 5. The Balaban J connectivity index is 1.34. The van der Waals surface area contributed by atoms with Crippen molar-refractivity contribution in [3.8, 4) is 34.2 Å². The maximum absolute atomic E-state index is 8.68. The normalized spacial score (nSPS) is 13.5. The highest BCUT2D eigenvalue weighted by atomic mass is 16.3. The Morgan fingerprint density at radius 3 is 2.02 bits per heavy atom. The third-order valence-corrected chi connectivity index (χ3v) is 7.60. The molecule has 0 aliphatic rings. The maximum Gasteiger partial charge on any atom is 0.164 e. The summed E-state index contributed by atoms with van der Waals surface area (Å²) < 4.78 is 54.4. The highest BCUT2D eigenvalue weighted by Gasteiger charge is 2.18. The van der Waals surface area contributed by atoms with Crippen LogP contribution in [0.1, 0.15) is 6.85 Å². The Hall–Kier alpha value is -5.81. The topological polar surface area (TPSA) is 65.0 Å². The molecule has 42 heavy (non-hydrogen) atoms. The van der Waals surface area contributed by atoms with Crippen LogP contribution in [0.2, 0.25) is 0 Å². The van der Waals surface area contributed by atoms with Gasteiger partial charge in [0.2, 0.25) is 0 Å². The fourth-order valence-corrected chi connectivity index (χ4v) is 5.66. The molecule has 0 amide bonds. The molecular formula is C37H21N3O2. The summed E-state index contributed by atoms with van der Waals surface area (Å²) in [6.07, 6.45) is 0. The van der Waals surface area contributed by atoms with E-state index in [4.69, 9.17) is 30.6 Å². The van der Waals surface area contributed by atoms with Gasteiger partial charge in [0, 0.05) is 38.2 Å². The monoisotopic (exact) mass is 544 g/mol. The third kappa shape index (κ3) is 3.54. The van der Waals surface area contributed by atoms with Gasteiger partial charge < -0.3 is 8.83 Å². The van der Waals surface area contributed by atoms with Gasteiger partial charge in [-0.1, -0.05) is 84.8 Å². The van der Waals surface area contributed by atoms with Crippen LogP contribution < -0.4 is 0 Å². The number of furan rings is 2. The number of aromatic nitrogens is 3. The summed E-state index contributed by atoms with van der Waals surface area (Å²) in [5.41, 5.74) is 4.01. The predicted octanol–water partition coefficient (Wildman–Crippen LogP) is 9.82. The third-order valence-electron chi connectivity index (χ3n) is 7.60. The first-order valence-corrected chi connectivity index (χ1v) is 13.4. The Morgan fingerprint density at radius 1 is 0.476 bits per heavy atom. The van der Waals surface area contributed by atoms with E-state index in [2.05, 4.69) is 12.1 Å². The van der Waals surface area contributed by atoms with E-state index in [9.17, 15) is 0 Å². The summed E-state index contributed by atoms with van der Waals surface area (Å²) in [6, 6.07) is 29.0. The van der Waals surface area contributed by atoms with Crippen molar-refractivity contribution in [3.63, 3.8) is 0 Å². The standard InChI is InChI=1S/C37H21N3O2/c1-2-9-22(10-3-1)35-38-36(40-37(39-35)27-14-8-16-32-34(27)26-13-6-7-15-30(26)41-32)25-17-18-31-28(20-25)29-19-23-11-4-5-12-24(23)21-33(29)42-31/h1-21H/i1D,2D,3D,9D,10D. The quantitative estimate of drug-likeness (QED) is 0.221. The van der Waals surface area contributed by atoms with Crippen molar-refractivity contribution in [1.82, 2.24) is 15.0 Å². The van der Waals surface area contributed by atoms with Crippen molar-refractivity contribution < 1.29 is 15.7 Å². The van der Waals surface area contributed by atoms with Crippen molar-refractivity contribution in [2.24, 2.45) is 0 Å². The van der Waals surface area contributed by atoms with Crippen LogP contribution in [0.25, 0.3) is 88.8 Å². The number of benzene rings is 6. The van der Waals surface area contributed by atoms with E-state index < -0.39 is 30.2 Å². The Morgan fingerprint density at radius 2 is 1.14 bits per heavy atom. The van der Waals surface area contributed by atoms with Crippen LogP contribution in [0.4, 0.5) is 0 Å². The molecule has 0 aliphatic carbocycles. The zero-order chi connectivity index (χ0) is 32.0. The minimum Gasteiger partial charge on any atom is -0.456 e. The first-order valence-electron chi connectivity index (χ1n) is 15.9. The fourth-order valence-electron chi connectivity index (χ4n) is 5.66. The number of hydrogen-bond donors (Lipinski definition) is 0. The van der Waals surface area contributed by atoms with Crippen LogP contribution in [0.5, 0.6) is 0 Å². The zero-order valence-electron chi connectivity index (χ0n) is 26.9. The molecule has 0 saturated carbocycles. The molecule has 0 saturated heterocycles. The molecule has 0 aliphatic heterocycles. The second-order valence-electron chi connectivity index (χ2n) is 10.1. The van der Waals surface area contributed by atoms with Gasteiger partial charge in [0.25, 0.3) is 0 Å².